The largest absolute Gasteiger partial charge is 0.573 e. The summed E-state index contributed by atoms with van der Waals surface area (Å²) in [6.45, 7) is 0. The highest BCUT2D eigenvalue weighted by atomic mass is 32.1. The molecule has 0 fully saturated rings. The molecule has 0 N–H and O–H groups in total. The topological polar surface area (TPSA) is 9.23 Å². The Kier molecular flexibility index (Phi) is 3.30. The van der Waals surface area contributed by atoms with E-state index in [0.29, 0.717) is 5.56 Å². The highest BCUT2D eigenvalue weighted by Gasteiger charge is 2.31. The average Bonchev–Trinajstić information content (AvgIpc) is 2.75. The van der Waals surface area contributed by atoms with Crippen LogP contribution >= 0.6 is 11.3 Å². The molecule has 18 heavy (non-hydrogen) atoms. The van der Waals surface area contributed by atoms with Crippen molar-refractivity contribution in [2.24, 2.45) is 0 Å². The lowest BCUT2D eigenvalue weighted by atomic mass is 10.1. The van der Waals surface area contributed by atoms with Gasteiger partial charge in [0.1, 0.15) is 5.75 Å². The molecule has 1 aromatic carbocycles. The zero-order valence-electron chi connectivity index (χ0n) is 8.99. The fourth-order valence-electron chi connectivity index (χ4n) is 1.44. The van der Waals surface area contributed by atoms with Gasteiger partial charge in [-0.2, -0.15) is 0 Å². The molecule has 1 aromatic heterocycles. The standard InChI is InChI=1S/C13H7F3OS/c1-2-12-7-10(8-18-12)9-4-3-5-11(6-9)17-13(14,15)16/h1,3-8H. The number of terminal acetylenes is 1. The molecule has 0 unspecified atom stereocenters. The molecule has 0 atom stereocenters. The predicted octanol–water partition coefficient (Wildman–Crippen LogP) is 4.30. The highest BCUT2D eigenvalue weighted by molar-refractivity contribution is 7.11. The van der Waals surface area contributed by atoms with Crippen LogP contribution in [0, 0.1) is 12.3 Å². The summed E-state index contributed by atoms with van der Waals surface area (Å²) in [5, 5.41) is 1.79. The number of ether oxygens (including phenoxy) is 1. The Labute approximate surface area is 106 Å². The fraction of sp³-hybridized carbons (Fsp3) is 0.0769. The number of thiophene rings is 1. The maximum atomic E-state index is 12.1. The number of alkyl halides is 3. The van der Waals surface area contributed by atoms with Crippen molar-refractivity contribution in [3.8, 4) is 29.2 Å². The van der Waals surface area contributed by atoms with Crippen molar-refractivity contribution in [2.45, 2.75) is 6.36 Å². The summed E-state index contributed by atoms with van der Waals surface area (Å²) in [7, 11) is 0. The van der Waals surface area contributed by atoms with Crippen molar-refractivity contribution < 1.29 is 17.9 Å². The number of hydrogen-bond acceptors (Lipinski definition) is 2. The van der Waals surface area contributed by atoms with Gasteiger partial charge in [-0.1, -0.05) is 18.1 Å². The lowest BCUT2D eigenvalue weighted by Crippen LogP contribution is -2.17. The van der Waals surface area contributed by atoms with Crippen molar-refractivity contribution >= 4 is 11.3 Å². The minimum Gasteiger partial charge on any atom is -0.406 e. The minimum absolute atomic E-state index is 0.242. The third-order valence-corrected chi connectivity index (χ3v) is 3.00. The molecule has 2 rings (SSSR count). The van der Waals surface area contributed by atoms with E-state index < -0.39 is 6.36 Å². The predicted molar refractivity (Wildman–Crippen MR) is 64.4 cm³/mol. The Morgan fingerprint density at radius 1 is 1.17 bits per heavy atom. The summed E-state index contributed by atoms with van der Waals surface area (Å²) in [5.74, 6) is 2.24. The SMILES string of the molecule is C#Cc1cc(-c2cccc(OC(F)(F)F)c2)cs1. The van der Waals surface area contributed by atoms with Crippen molar-refractivity contribution in [1.82, 2.24) is 0 Å². The van der Waals surface area contributed by atoms with E-state index >= 15 is 0 Å². The average molecular weight is 268 g/mol. The second-order valence-electron chi connectivity index (χ2n) is 3.42. The van der Waals surface area contributed by atoms with Gasteiger partial charge in [0.2, 0.25) is 0 Å². The second-order valence-corrected chi connectivity index (χ2v) is 4.33. The lowest BCUT2D eigenvalue weighted by molar-refractivity contribution is -0.274. The first-order valence-corrected chi connectivity index (χ1v) is 5.77. The molecule has 0 radical (unpaired) electrons. The quantitative estimate of drug-likeness (QED) is 0.738. The Bertz CT molecular complexity index is 593. The summed E-state index contributed by atoms with van der Waals surface area (Å²) in [6.07, 6.45) is 0.558. The van der Waals surface area contributed by atoms with E-state index in [9.17, 15) is 13.2 Å². The van der Waals surface area contributed by atoms with E-state index in [2.05, 4.69) is 10.7 Å². The van der Waals surface area contributed by atoms with Gasteiger partial charge in [0.25, 0.3) is 0 Å². The Balaban J connectivity index is 2.30. The molecule has 1 heterocycles. The number of benzene rings is 1. The summed E-state index contributed by atoms with van der Waals surface area (Å²) in [6, 6.07) is 7.54. The van der Waals surface area contributed by atoms with E-state index in [0.717, 1.165) is 10.4 Å². The van der Waals surface area contributed by atoms with Gasteiger partial charge in [-0.05, 0) is 34.7 Å². The highest BCUT2D eigenvalue weighted by Crippen LogP contribution is 2.30. The summed E-state index contributed by atoms with van der Waals surface area (Å²) in [5.41, 5.74) is 1.41. The summed E-state index contributed by atoms with van der Waals surface area (Å²) in [4.78, 5) is 0.729. The lowest BCUT2D eigenvalue weighted by Gasteiger charge is -2.09. The van der Waals surface area contributed by atoms with E-state index in [-0.39, 0.29) is 5.75 Å². The van der Waals surface area contributed by atoms with Crippen molar-refractivity contribution in [2.75, 3.05) is 0 Å². The zero-order chi connectivity index (χ0) is 13.2. The van der Waals surface area contributed by atoms with Crippen LogP contribution in [-0.2, 0) is 0 Å². The van der Waals surface area contributed by atoms with Crippen LogP contribution < -0.4 is 4.74 Å². The first-order valence-electron chi connectivity index (χ1n) is 4.89. The molecule has 0 amide bonds. The third-order valence-electron chi connectivity index (χ3n) is 2.14. The molecule has 0 bridgehead atoms. The first-order chi connectivity index (χ1) is 8.48. The summed E-state index contributed by atoms with van der Waals surface area (Å²) < 4.78 is 40.1. The van der Waals surface area contributed by atoms with Crippen molar-refractivity contribution in [3.05, 3.63) is 40.6 Å². The summed E-state index contributed by atoms with van der Waals surface area (Å²) >= 11 is 1.36. The molecule has 0 aliphatic carbocycles. The maximum absolute atomic E-state index is 12.1. The molecule has 92 valence electrons. The van der Waals surface area contributed by atoms with E-state index in [1.165, 1.54) is 29.5 Å². The van der Waals surface area contributed by atoms with Crippen molar-refractivity contribution in [1.29, 1.82) is 0 Å². The van der Waals surface area contributed by atoms with Gasteiger partial charge in [-0.3, -0.25) is 0 Å². The smallest absolute Gasteiger partial charge is 0.406 e. The van der Waals surface area contributed by atoms with Gasteiger partial charge in [0.15, 0.2) is 0 Å². The Hall–Kier alpha value is -1.93. The van der Waals surface area contributed by atoms with Crippen LogP contribution in [0.25, 0.3) is 11.1 Å². The fourth-order valence-corrected chi connectivity index (χ4v) is 2.16. The normalized spacial score (nSPS) is 11.0. The second kappa shape index (κ2) is 4.75. The van der Waals surface area contributed by atoms with E-state index in [1.54, 1.807) is 17.5 Å². The number of halogens is 3. The minimum atomic E-state index is -4.68. The third kappa shape index (κ3) is 3.05. The molecule has 2 aromatic rings. The van der Waals surface area contributed by atoms with Crippen LogP contribution in [0.4, 0.5) is 13.2 Å². The van der Waals surface area contributed by atoms with Gasteiger partial charge in [0, 0.05) is 0 Å². The van der Waals surface area contributed by atoms with Crippen molar-refractivity contribution in [3.63, 3.8) is 0 Å². The van der Waals surface area contributed by atoms with Gasteiger partial charge in [-0.25, -0.2) is 0 Å². The maximum Gasteiger partial charge on any atom is 0.573 e. The van der Waals surface area contributed by atoms with Crippen LogP contribution in [0.5, 0.6) is 5.75 Å². The number of rotatable bonds is 2. The number of hydrogen-bond donors (Lipinski definition) is 0. The monoisotopic (exact) mass is 268 g/mol. The van der Waals surface area contributed by atoms with Gasteiger partial charge < -0.3 is 4.74 Å². The molecule has 0 aliphatic heterocycles. The van der Waals surface area contributed by atoms with E-state index in [4.69, 9.17) is 6.42 Å². The molecule has 5 heteroatoms. The Morgan fingerprint density at radius 2 is 1.94 bits per heavy atom. The Morgan fingerprint density at radius 3 is 2.56 bits per heavy atom. The van der Waals surface area contributed by atoms with Gasteiger partial charge in [-0.15, -0.1) is 30.9 Å². The van der Waals surface area contributed by atoms with Crippen LogP contribution in [0.1, 0.15) is 4.88 Å². The molecule has 0 saturated carbocycles. The van der Waals surface area contributed by atoms with Crippen LogP contribution in [0.15, 0.2) is 35.7 Å². The molecule has 0 spiro atoms. The molecular formula is C13H7F3OS. The molecule has 0 aliphatic rings. The van der Waals surface area contributed by atoms with Crippen LogP contribution in [0.2, 0.25) is 0 Å². The van der Waals surface area contributed by atoms with Crippen LogP contribution in [0.3, 0.4) is 0 Å². The van der Waals surface area contributed by atoms with E-state index in [1.807, 2.05) is 0 Å². The van der Waals surface area contributed by atoms with Crippen LogP contribution in [-0.4, -0.2) is 6.36 Å². The molecular weight excluding hydrogens is 261 g/mol. The molecule has 0 saturated heterocycles. The molecule has 1 nitrogen and oxygen atoms in total. The first kappa shape index (κ1) is 12.5. The zero-order valence-corrected chi connectivity index (χ0v) is 9.81. The van der Waals surface area contributed by atoms with Gasteiger partial charge in [0.05, 0.1) is 4.88 Å². The van der Waals surface area contributed by atoms with Gasteiger partial charge >= 0.3 is 6.36 Å².